The van der Waals surface area contributed by atoms with E-state index in [0.717, 1.165) is 30.0 Å². The SMILES string of the molecule is CC1CC[C@H]2OC3=C4[C@H](C[C@@H](O)C3)CN(N(C(=O)O)[C@H]3CCN(O)C3=O)C=CC42C1. The second kappa shape index (κ2) is 6.88. The molecule has 30 heavy (non-hydrogen) atoms. The van der Waals surface area contributed by atoms with E-state index in [9.17, 15) is 25.0 Å². The molecule has 0 aromatic heterocycles. The van der Waals surface area contributed by atoms with Gasteiger partial charge in [-0.25, -0.2) is 14.9 Å². The molecule has 3 aliphatic heterocycles. The zero-order chi connectivity index (χ0) is 21.2. The maximum absolute atomic E-state index is 12.4. The predicted octanol–water partition coefficient (Wildman–Crippen LogP) is 1.93. The van der Waals surface area contributed by atoms with Crippen LogP contribution in [0.4, 0.5) is 4.79 Å². The summed E-state index contributed by atoms with van der Waals surface area (Å²) in [5.41, 5.74) is 0.939. The van der Waals surface area contributed by atoms with Gasteiger partial charge in [0.25, 0.3) is 5.91 Å². The van der Waals surface area contributed by atoms with Crippen molar-refractivity contribution >= 4 is 12.0 Å². The lowest BCUT2D eigenvalue weighted by Crippen LogP contribution is -2.53. The van der Waals surface area contributed by atoms with Gasteiger partial charge < -0.3 is 14.9 Å². The number of carbonyl (C=O) groups is 2. The van der Waals surface area contributed by atoms with Gasteiger partial charge in [-0.05, 0) is 43.6 Å². The Morgan fingerprint density at radius 1 is 1.33 bits per heavy atom. The Morgan fingerprint density at radius 2 is 2.13 bits per heavy atom. The van der Waals surface area contributed by atoms with Gasteiger partial charge in [-0.2, -0.15) is 0 Å². The minimum absolute atomic E-state index is 0.0158. The third kappa shape index (κ3) is 2.82. The Balaban J connectivity index is 1.55. The molecule has 6 atom stereocenters. The fourth-order valence-corrected chi connectivity index (χ4v) is 6.35. The van der Waals surface area contributed by atoms with E-state index in [1.807, 2.05) is 0 Å². The van der Waals surface area contributed by atoms with E-state index in [4.69, 9.17) is 4.74 Å². The van der Waals surface area contributed by atoms with E-state index in [1.54, 1.807) is 11.2 Å². The number of aliphatic hydroxyl groups is 1. The normalized spacial score (nSPS) is 40.1. The van der Waals surface area contributed by atoms with Crippen molar-refractivity contribution in [2.45, 2.75) is 63.7 Å². The topological polar surface area (TPSA) is 114 Å². The summed E-state index contributed by atoms with van der Waals surface area (Å²) >= 11 is 0. The molecule has 5 aliphatic rings. The van der Waals surface area contributed by atoms with E-state index in [-0.39, 0.29) is 30.4 Å². The van der Waals surface area contributed by atoms with Crippen LogP contribution in [0, 0.1) is 17.3 Å². The molecule has 1 saturated carbocycles. The van der Waals surface area contributed by atoms with E-state index in [1.165, 1.54) is 5.57 Å². The molecule has 3 heterocycles. The van der Waals surface area contributed by atoms with Crippen molar-refractivity contribution in [2.24, 2.45) is 17.3 Å². The highest BCUT2D eigenvalue weighted by atomic mass is 16.5. The Hall–Kier alpha value is -2.26. The number of ether oxygens (including phenoxy) is 1. The first kappa shape index (κ1) is 19.7. The maximum atomic E-state index is 12.4. The summed E-state index contributed by atoms with van der Waals surface area (Å²) in [6.45, 7) is 2.70. The first-order valence-electron chi connectivity index (χ1n) is 10.9. The Labute approximate surface area is 175 Å². The molecule has 0 aromatic carbocycles. The molecule has 164 valence electrons. The quantitative estimate of drug-likeness (QED) is 0.586. The molecule has 2 unspecified atom stereocenters. The van der Waals surface area contributed by atoms with Crippen LogP contribution in [-0.4, -0.2) is 73.8 Å². The van der Waals surface area contributed by atoms with Crippen LogP contribution in [0.25, 0.3) is 0 Å². The summed E-state index contributed by atoms with van der Waals surface area (Å²) in [6.07, 6.45) is 6.38. The molecule has 2 amide bonds. The fourth-order valence-electron chi connectivity index (χ4n) is 6.35. The summed E-state index contributed by atoms with van der Waals surface area (Å²) in [7, 11) is 0. The average Bonchev–Trinajstić information content (AvgIpc) is 3.11. The molecule has 0 aromatic rings. The van der Waals surface area contributed by atoms with Crippen LogP contribution in [0.3, 0.4) is 0 Å². The zero-order valence-electron chi connectivity index (χ0n) is 17.1. The second-order valence-corrected chi connectivity index (χ2v) is 9.49. The van der Waals surface area contributed by atoms with Gasteiger partial charge in [0.2, 0.25) is 0 Å². The minimum Gasteiger partial charge on any atom is -0.493 e. The Bertz CT molecular complexity index is 828. The number of amides is 2. The van der Waals surface area contributed by atoms with Crippen LogP contribution in [0.2, 0.25) is 0 Å². The smallest absolute Gasteiger partial charge is 0.427 e. The number of carbonyl (C=O) groups excluding carboxylic acids is 1. The Morgan fingerprint density at radius 3 is 2.83 bits per heavy atom. The number of hydrazine groups is 1. The molecule has 0 bridgehead atoms. The molecule has 9 nitrogen and oxygen atoms in total. The number of hydroxylamine groups is 2. The minimum atomic E-state index is -1.23. The molecule has 0 radical (unpaired) electrons. The third-order valence-electron chi connectivity index (χ3n) is 7.53. The fraction of sp³-hybridized carbons (Fsp3) is 0.714. The molecular weight excluding hydrogens is 390 g/mol. The molecule has 2 fully saturated rings. The van der Waals surface area contributed by atoms with Crippen molar-refractivity contribution in [2.75, 3.05) is 13.1 Å². The van der Waals surface area contributed by atoms with Crippen LogP contribution >= 0.6 is 0 Å². The van der Waals surface area contributed by atoms with Gasteiger partial charge in [0.1, 0.15) is 12.1 Å². The monoisotopic (exact) mass is 419 g/mol. The summed E-state index contributed by atoms with van der Waals surface area (Å²) < 4.78 is 6.35. The van der Waals surface area contributed by atoms with Crippen LogP contribution in [0.5, 0.6) is 0 Å². The largest absolute Gasteiger partial charge is 0.493 e. The summed E-state index contributed by atoms with van der Waals surface area (Å²) in [4.78, 5) is 24.5. The number of rotatable bonds is 2. The second-order valence-electron chi connectivity index (χ2n) is 9.49. The highest BCUT2D eigenvalue weighted by molar-refractivity contribution is 5.86. The first-order valence-corrected chi connectivity index (χ1v) is 10.9. The number of nitrogens with zero attached hydrogens (tertiary/aromatic N) is 3. The predicted molar refractivity (Wildman–Crippen MR) is 104 cm³/mol. The van der Waals surface area contributed by atoms with Crippen molar-refractivity contribution in [3.05, 3.63) is 23.6 Å². The average molecular weight is 419 g/mol. The number of hydrogen-bond acceptors (Lipinski definition) is 6. The van der Waals surface area contributed by atoms with Crippen molar-refractivity contribution in [3.63, 3.8) is 0 Å². The van der Waals surface area contributed by atoms with Gasteiger partial charge in [-0.15, -0.1) is 0 Å². The van der Waals surface area contributed by atoms with Gasteiger partial charge in [0, 0.05) is 25.1 Å². The van der Waals surface area contributed by atoms with Crippen LogP contribution < -0.4 is 0 Å². The van der Waals surface area contributed by atoms with Crippen molar-refractivity contribution < 1.29 is 29.7 Å². The van der Waals surface area contributed by atoms with Crippen LogP contribution in [0.15, 0.2) is 23.6 Å². The number of hydrogen-bond donors (Lipinski definition) is 3. The molecule has 1 spiro atoms. The highest BCUT2D eigenvalue weighted by Crippen LogP contribution is 2.59. The summed E-state index contributed by atoms with van der Waals surface area (Å²) in [5.74, 6) is 0.738. The van der Waals surface area contributed by atoms with Gasteiger partial charge >= 0.3 is 6.09 Å². The van der Waals surface area contributed by atoms with E-state index >= 15 is 0 Å². The van der Waals surface area contributed by atoms with Gasteiger partial charge in [0.15, 0.2) is 0 Å². The van der Waals surface area contributed by atoms with Crippen molar-refractivity contribution in [3.8, 4) is 0 Å². The van der Waals surface area contributed by atoms with Crippen molar-refractivity contribution in [1.29, 1.82) is 0 Å². The summed E-state index contributed by atoms with van der Waals surface area (Å²) in [6, 6.07) is -0.952. The molecular formula is C21H29N3O6. The van der Waals surface area contributed by atoms with Gasteiger partial charge in [-0.3, -0.25) is 15.0 Å². The molecule has 1 saturated heterocycles. The third-order valence-corrected chi connectivity index (χ3v) is 7.53. The zero-order valence-corrected chi connectivity index (χ0v) is 17.1. The Kier molecular flexibility index (Phi) is 4.52. The number of aliphatic hydroxyl groups excluding tert-OH is 1. The lowest BCUT2D eigenvalue weighted by Gasteiger charge is -2.42. The molecule has 2 aliphatic carbocycles. The van der Waals surface area contributed by atoms with E-state index < -0.39 is 24.1 Å². The van der Waals surface area contributed by atoms with Crippen molar-refractivity contribution in [1.82, 2.24) is 15.1 Å². The molecule has 3 N–H and O–H groups in total. The van der Waals surface area contributed by atoms with Crippen LogP contribution in [0.1, 0.15) is 45.4 Å². The van der Waals surface area contributed by atoms with Gasteiger partial charge in [-0.1, -0.05) is 13.0 Å². The standard InChI is InChI=1S/C21H29N3O6/c1-12-2-3-17-21(10-12)5-7-22(11-13-8-14(25)9-16(30-17)18(13)21)24(20(27)28)15-4-6-23(29)19(15)26/h5,7,12-15,17,25,29H,2-4,6,8-11H2,1H3,(H,27,28)/t12?,13-,14-,15+,17-,21?/m1/s1. The van der Waals surface area contributed by atoms with Crippen LogP contribution in [-0.2, 0) is 9.53 Å². The van der Waals surface area contributed by atoms with E-state index in [0.29, 0.717) is 30.4 Å². The lowest BCUT2D eigenvalue weighted by atomic mass is 9.61. The highest BCUT2D eigenvalue weighted by Gasteiger charge is 2.56. The van der Waals surface area contributed by atoms with E-state index in [2.05, 4.69) is 13.0 Å². The molecule has 9 heteroatoms. The van der Waals surface area contributed by atoms with Gasteiger partial charge in [0.05, 0.1) is 23.8 Å². The lowest BCUT2D eigenvalue weighted by molar-refractivity contribution is -0.163. The summed E-state index contributed by atoms with van der Waals surface area (Å²) in [5, 5.41) is 33.4. The maximum Gasteiger partial charge on any atom is 0.427 e. The molecule has 5 rings (SSSR count). The number of carboxylic acid groups (broad SMARTS) is 1. The first-order chi connectivity index (χ1) is 14.3.